The fourth-order valence-corrected chi connectivity index (χ4v) is 2.26. The lowest BCUT2D eigenvalue weighted by Gasteiger charge is -2.24. The zero-order valence-corrected chi connectivity index (χ0v) is 13.2. The number of nitrogens with zero attached hydrogens (tertiary/aromatic N) is 3. The molecule has 0 bridgehead atoms. The summed E-state index contributed by atoms with van der Waals surface area (Å²) >= 11 is 0. The third-order valence-electron chi connectivity index (χ3n) is 3.21. The molecule has 5 heteroatoms. The van der Waals surface area contributed by atoms with Crippen molar-refractivity contribution >= 4 is 11.6 Å². The third kappa shape index (κ3) is 3.24. The predicted octanol–water partition coefficient (Wildman–Crippen LogP) is 3.27. The average molecular weight is 287 g/mol. The minimum atomic E-state index is 0.679. The average Bonchev–Trinajstić information content (AvgIpc) is 2.47. The van der Waals surface area contributed by atoms with E-state index in [2.05, 4.69) is 16.9 Å². The van der Waals surface area contributed by atoms with Crippen LogP contribution in [0.5, 0.6) is 11.5 Å². The molecule has 2 aromatic rings. The Morgan fingerprint density at radius 2 is 1.67 bits per heavy atom. The van der Waals surface area contributed by atoms with E-state index in [4.69, 9.17) is 9.47 Å². The molecule has 0 atom stereocenters. The molecule has 1 aromatic heterocycles. The van der Waals surface area contributed by atoms with Gasteiger partial charge in [-0.1, -0.05) is 0 Å². The van der Waals surface area contributed by atoms with Gasteiger partial charge in [0.1, 0.15) is 11.5 Å². The van der Waals surface area contributed by atoms with Crippen LogP contribution in [0.1, 0.15) is 18.3 Å². The molecule has 112 valence electrons. The molecule has 0 aliphatic rings. The summed E-state index contributed by atoms with van der Waals surface area (Å²) in [5, 5.41) is 0. The molecule has 0 aliphatic heterocycles. The van der Waals surface area contributed by atoms with Crippen molar-refractivity contribution in [1.82, 2.24) is 9.97 Å². The van der Waals surface area contributed by atoms with Gasteiger partial charge in [-0.3, -0.25) is 0 Å². The van der Waals surface area contributed by atoms with Gasteiger partial charge in [0.2, 0.25) is 5.95 Å². The summed E-state index contributed by atoms with van der Waals surface area (Å²) in [4.78, 5) is 11.1. The molecule has 0 spiro atoms. The van der Waals surface area contributed by atoms with Crippen molar-refractivity contribution in [1.29, 1.82) is 0 Å². The van der Waals surface area contributed by atoms with Gasteiger partial charge in [0.25, 0.3) is 0 Å². The fourth-order valence-electron chi connectivity index (χ4n) is 2.26. The Labute approximate surface area is 125 Å². The number of hydrogen-bond acceptors (Lipinski definition) is 5. The SMILES string of the molecule is CCN(c1nc(C)cc(C)n1)c1ccc(OC)cc1OC. The van der Waals surface area contributed by atoms with E-state index in [0.717, 1.165) is 35.1 Å². The van der Waals surface area contributed by atoms with Crippen LogP contribution in [0.2, 0.25) is 0 Å². The zero-order chi connectivity index (χ0) is 15.4. The molecule has 5 nitrogen and oxygen atoms in total. The number of hydrogen-bond donors (Lipinski definition) is 0. The van der Waals surface area contributed by atoms with E-state index < -0.39 is 0 Å². The number of aromatic nitrogens is 2. The lowest BCUT2D eigenvalue weighted by molar-refractivity contribution is 0.394. The quantitative estimate of drug-likeness (QED) is 0.844. The van der Waals surface area contributed by atoms with Crippen molar-refractivity contribution in [2.45, 2.75) is 20.8 Å². The molecule has 0 saturated heterocycles. The summed E-state index contributed by atoms with van der Waals surface area (Å²) < 4.78 is 10.7. The first kappa shape index (κ1) is 15.1. The van der Waals surface area contributed by atoms with Crippen LogP contribution in [-0.2, 0) is 0 Å². The minimum Gasteiger partial charge on any atom is -0.497 e. The van der Waals surface area contributed by atoms with Gasteiger partial charge in [-0.15, -0.1) is 0 Å². The Kier molecular flexibility index (Phi) is 4.62. The van der Waals surface area contributed by atoms with Crippen LogP contribution in [0.25, 0.3) is 0 Å². The van der Waals surface area contributed by atoms with Crippen LogP contribution in [-0.4, -0.2) is 30.7 Å². The standard InChI is InChI=1S/C16H21N3O2/c1-6-19(16-17-11(2)9-12(3)18-16)14-8-7-13(20-4)10-15(14)21-5/h7-10H,6H2,1-5H3. The number of rotatable bonds is 5. The van der Waals surface area contributed by atoms with E-state index in [1.165, 1.54) is 0 Å². The Morgan fingerprint density at radius 1 is 1.00 bits per heavy atom. The largest absolute Gasteiger partial charge is 0.497 e. The molecule has 0 radical (unpaired) electrons. The van der Waals surface area contributed by atoms with Crippen molar-refractivity contribution in [3.8, 4) is 11.5 Å². The Morgan fingerprint density at radius 3 is 2.19 bits per heavy atom. The molecule has 0 N–H and O–H groups in total. The van der Waals surface area contributed by atoms with Crippen LogP contribution in [0.3, 0.4) is 0 Å². The minimum absolute atomic E-state index is 0.679. The number of anilines is 2. The maximum Gasteiger partial charge on any atom is 0.230 e. The van der Waals surface area contributed by atoms with Gasteiger partial charge >= 0.3 is 0 Å². The normalized spacial score (nSPS) is 10.3. The lowest BCUT2D eigenvalue weighted by atomic mass is 10.2. The van der Waals surface area contributed by atoms with Crippen LogP contribution < -0.4 is 14.4 Å². The number of ether oxygens (including phenoxy) is 2. The summed E-state index contributed by atoms with van der Waals surface area (Å²) in [7, 11) is 3.29. The first-order valence-corrected chi connectivity index (χ1v) is 6.91. The molecule has 2 rings (SSSR count). The van der Waals surface area contributed by atoms with E-state index in [1.807, 2.05) is 43.0 Å². The third-order valence-corrected chi connectivity index (χ3v) is 3.21. The van der Waals surface area contributed by atoms with Gasteiger partial charge in [-0.2, -0.15) is 0 Å². The van der Waals surface area contributed by atoms with E-state index in [0.29, 0.717) is 5.95 Å². The van der Waals surface area contributed by atoms with Gasteiger partial charge in [-0.25, -0.2) is 9.97 Å². The molecular formula is C16H21N3O2. The van der Waals surface area contributed by atoms with Crippen molar-refractivity contribution in [2.75, 3.05) is 25.7 Å². The highest BCUT2D eigenvalue weighted by molar-refractivity contribution is 5.67. The maximum absolute atomic E-state index is 5.48. The van der Waals surface area contributed by atoms with Crippen LogP contribution in [0, 0.1) is 13.8 Å². The summed E-state index contributed by atoms with van der Waals surface area (Å²) in [5.74, 6) is 2.17. The molecule has 1 aromatic carbocycles. The summed E-state index contributed by atoms with van der Waals surface area (Å²) in [6, 6.07) is 7.69. The van der Waals surface area contributed by atoms with E-state index >= 15 is 0 Å². The monoisotopic (exact) mass is 287 g/mol. The maximum atomic E-state index is 5.48. The molecule has 0 amide bonds. The smallest absolute Gasteiger partial charge is 0.230 e. The molecule has 0 saturated carbocycles. The topological polar surface area (TPSA) is 47.5 Å². The van der Waals surface area contributed by atoms with Gasteiger partial charge < -0.3 is 14.4 Å². The van der Waals surface area contributed by atoms with Gasteiger partial charge in [0, 0.05) is 24.0 Å². The Hall–Kier alpha value is -2.30. The first-order valence-electron chi connectivity index (χ1n) is 6.91. The molecule has 1 heterocycles. The van der Waals surface area contributed by atoms with Crippen LogP contribution in [0.15, 0.2) is 24.3 Å². The second-order valence-electron chi connectivity index (χ2n) is 4.73. The second-order valence-corrected chi connectivity index (χ2v) is 4.73. The lowest BCUT2D eigenvalue weighted by Crippen LogP contribution is -2.20. The van der Waals surface area contributed by atoms with Crippen molar-refractivity contribution in [3.05, 3.63) is 35.7 Å². The molecule has 0 fully saturated rings. The first-order chi connectivity index (χ1) is 10.1. The van der Waals surface area contributed by atoms with Crippen LogP contribution in [0.4, 0.5) is 11.6 Å². The predicted molar refractivity (Wildman–Crippen MR) is 83.7 cm³/mol. The van der Waals surface area contributed by atoms with Gasteiger partial charge in [0.15, 0.2) is 0 Å². The van der Waals surface area contributed by atoms with Gasteiger partial charge in [-0.05, 0) is 39.0 Å². The highest BCUT2D eigenvalue weighted by Gasteiger charge is 2.16. The second kappa shape index (κ2) is 6.43. The summed E-state index contributed by atoms with van der Waals surface area (Å²) in [6.07, 6.45) is 0. The van der Waals surface area contributed by atoms with Gasteiger partial charge in [0.05, 0.1) is 19.9 Å². The Balaban J connectivity index is 2.50. The zero-order valence-electron chi connectivity index (χ0n) is 13.2. The number of methoxy groups -OCH3 is 2. The highest BCUT2D eigenvalue weighted by atomic mass is 16.5. The molecule has 0 unspecified atom stereocenters. The summed E-state index contributed by atoms with van der Waals surface area (Å²) in [5.41, 5.74) is 2.82. The highest BCUT2D eigenvalue weighted by Crippen LogP contribution is 2.35. The van der Waals surface area contributed by atoms with E-state index in [9.17, 15) is 0 Å². The van der Waals surface area contributed by atoms with E-state index in [-0.39, 0.29) is 0 Å². The molecule has 0 aliphatic carbocycles. The number of benzene rings is 1. The Bertz CT molecular complexity index is 609. The van der Waals surface area contributed by atoms with Crippen molar-refractivity contribution in [3.63, 3.8) is 0 Å². The van der Waals surface area contributed by atoms with Crippen LogP contribution >= 0.6 is 0 Å². The summed E-state index contributed by atoms with van der Waals surface area (Å²) in [6.45, 7) is 6.74. The molecular weight excluding hydrogens is 266 g/mol. The fraction of sp³-hybridized carbons (Fsp3) is 0.375. The van der Waals surface area contributed by atoms with Crippen molar-refractivity contribution < 1.29 is 9.47 Å². The number of aryl methyl sites for hydroxylation is 2. The molecule has 21 heavy (non-hydrogen) atoms. The van der Waals surface area contributed by atoms with Crippen molar-refractivity contribution in [2.24, 2.45) is 0 Å². The van der Waals surface area contributed by atoms with E-state index in [1.54, 1.807) is 14.2 Å².